The average molecular weight is 249 g/mol. The van der Waals surface area contributed by atoms with Crippen molar-refractivity contribution in [1.29, 1.82) is 0 Å². The van der Waals surface area contributed by atoms with E-state index < -0.39 is 22.9 Å². The van der Waals surface area contributed by atoms with Crippen molar-refractivity contribution < 1.29 is 27.5 Å². The van der Waals surface area contributed by atoms with Crippen LogP contribution in [0.2, 0.25) is 0 Å². The summed E-state index contributed by atoms with van der Waals surface area (Å²) >= 11 is 2.07. The van der Waals surface area contributed by atoms with E-state index in [-0.39, 0.29) is 0 Å². The van der Waals surface area contributed by atoms with Gasteiger partial charge >= 0.3 is 12.1 Å². The number of carbonyl (C=O) groups is 2. The lowest BCUT2D eigenvalue weighted by atomic mass is 10.4. The molecule has 0 aliphatic heterocycles. The van der Waals surface area contributed by atoms with E-state index in [0.29, 0.717) is 0 Å². The molecule has 1 unspecified atom stereocenters. The zero-order valence-electron chi connectivity index (χ0n) is 5.81. The van der Waals surface area contributed by atoms with Crippen molar-refractivity contribution in [2.45, 2.75) is 19.2 Å². The summed E-state index contributed by atoms with van der Waals surface area (Å²) in [5, 5.41) is 0. The number of rotatable bonds is 2. The predicted molar refractivity (Wildman–Crippen MR) is 35.5 cm³/mol. The van der Waals surface area contributed by atoms with Crippen LogP contribution in [-0.2, 0) is 14.3 Å². The summed E-state index contributed by atoms with van der Waals surface area (Å²) in [5.74, 6) is -1.16. The Bertz CT molecular complexity index is 201. The standard InChI is InChI=1S/C5H4BrF3O3/c1-2(10)12-3(4(6)11)5(7,8)9/h3H,1H3. The molecule has 0 amide bonds. The molecule has 0 rings (SSSR count). The molecule has 0 bridgehead atoms. The molecule has 0 aromatic rings. The number of carbonyl (C=O) groups excluding carboxylic acids is 2. The van der Waals surface area contributed by atoms with Gasteiger partial charge in [-0.3, -0.25) is 9.59 Å². The second-order valence-electron chi connectivity index (χ2n) is 1.84. The van der Waals surface area contributed by atoms with E-state index in [1.165, 1.54) is 0 Å². The molecule has 70 valence electrons. The van der Waals surface area contributed by atoms with Gasteiger partial charge in [0.2, 0.25) is 4.69 Å². The van der Waals surface area contributed by atoms with Gasteiger partial charge < -0.3 is 4.74 Å². The van der Waals surface area contributed by atoms with E-state index >= 15 is 0 Å². The van der Waals surface area contributed by atoms with Crippen molar-refractivity contribution in [2.75, 3.05) is 0 Å². The Hall–Kier alpha value is -0.590. The minimum absolute atomic E-state index is 0.786. The first-order valence-electron chi connectivity index (χ1n) is 2.68. The molecule has 0 saturated carbocycles. The first-order valence-corrected chi connectivity index (χ1v) is 3.47. The zero-order chi connectivity index (χ0) is 9.94. The molecule has 0 aromatic heterocycles. The van der Waals surface area contributed by atoms with E-state index in [1.54, 1.807) is 0 Å². The normalized spacial score (nSPS) is 13.8. The Morgan fingerprint density at radius 1 is 1.42 bits per heavy atom. The Balaban J connectivity index is 4.46. The van der Waals surface area contributed by atoms with Crippen molar-refractivity contribution in [3.63, 3.8) is 0 Å². The van der Waals surface area contributed by atoms with Crippen LogP contribution in [0, 0.1) is 0 Å². The first kappa shape index (κ1) is 11.4. The largest absolute Gasteiger partial charge is 0.444 e. The number of alkyl halides is 3. The Kier molecular flexibility index (Phi) is 3.69. The van der Waals surface area contributed by atoms with Gasteiger partial charge in [-0.15, -0.1) is 0 Å². The highest BCUT2D eigenvalue weighted by molar-refractivity contribution is 9.18. The fraction of sp³-hybridized carbons (Fsp3) is 0.600. The summed E-state index contributed by atoms with van der Waals surface area (Å²) in [6.07, 6.45) is -7.58. The van der Waals surface area contributed by atoms with Gasteiger partial charge in [0.15, 0.2) is 0 Å². The molecule has 0 aromatic carbocycles. The van der Waals surface area contributed by atoms with Crippen molar-refractivity contribution in [3.05, 3.63) is 0 Å². The molecule has 0 N–H and O–H groups in total. The molecule has 12 heavy (non-hydrogen) atoms. The molecule has 1 atom stereocenters. The fourth-order valence-electron chi connectivity index (χ4n) is 0.408. The van der Waals surface area contributed by atoms with Gasteiger partial charge in [-0.2, -0.15) is 13.2 Å². The monoisotopic (exact) mass is 248 g/mol. The van der Waals surface area contributed by atoms with Crippen LogP contribution in [0.5, 0.6) is 0 Å². The van der Waals surface area contributed by atoms with Crippen LogP contribution in [0.3, 0.4) is 0 Å². The summed E-state index contributed by atoms with van der Waals surface area (Å²) in [5.41, 5.74) is 0. The van der Waals surface area contributed by atoms with Crippen LogP contribution in [0.1, 0.15) is 6.92 Å². The summed E-state index contributed by atoms with van der Waals surface area (Å²) in [6.45, 7) is 0.786. The van der Waals surface area contributed by atoms with Gasteiger partial charge in [0, 0.05) is 6.92 Å². The van der Waals surface area contributed by atoms with E-state index in [4.69, 9.17) is 0 Å². The lowest BCUT2D eigenvalue weighted by Crippen LogP contribution is -2.37. The summed E-state index contributed by atoms with van der Waals surface area (Å²) in [7, 11) is 0. The highest BCUT2D eigenvalue weighted by Gasteiger charge is 2.46. The van der Waals surface area contributed by atoms with Crippen LogP contribution >= 0.6 is 15.9 Å². The van der Waals surface area contributed by atoms with Crippen LogP contribution in [-0.4, -0.2) is 22.9 Å². The maximum absolute atomic E-state index is 11.8. The van der Waals surface area contributed by atoms with E-state index in [2.05, 4.69) is 20.7 Å². The fourth-order valence-corrected chi connectivity index (χ4v) is 0.761. The molecule has 7 heteroatoms. The van der Waals surface area contributed by atoms with E-state index in [0.717, 1.165) is 6.92 Å². The van der Waals surface area contributed by atoms with Crippen molar-refractivity contribution in [2.24, 2.45) is 0 Å². The first-order chi connectivity index (χ1) is 5.25. The molecule has 0 radical (unpaired) electrons. The van der Waals surface area contributed by atoms with Crippen LogP contribution in [0.25, 0.3) is 0 Å². The highest BCUT2D eigenvalue weighted by Crippen LogP contribution is 2.25. The average Bonchev–Trinajstić information content (AvgIpc) is 1.79. The number of hydrogen-bond donors (Lipinski definition) is 0. The second-order valence-corrected chi connectivity index (χ2v) is 2.62. The molecule has 0 fully saturated rings. The number of halogens is 4. The number of ether oxygens (including phenoxy) is 1. The summed E-state index contributed by atoms with van der Waals surface area (Å²) < 4.78 is 37.7. The van der Waals surface area contributed by atoms with Gasteiger partial charge in [0.25, 0.3) is 6.10 Å². The van der Waals surface area contributed by atoms with E-state index in [9.17, 15) is 22.8 Å². The zero-order valence-corrected chi connectivity index (χ0v) is 7.40. The second kappa shape index (κ2) is 3.88. The van der Waals surface area contributed by atoms with Crippen LogP contribution < -0.4 is 0 Å². The molecular formula is C5H4BrF3O3. The van der Waals surface area contributed by atoms with E-state index in [1.807, 2.05) is 0 Å². The van der Waals surface area contributed by atoms with Crippen molar-refractivity contribution >= 4 is 26.6 Å². The summed E-state index contributed by atoms with van der Waals surface area (Å²) in [4.78, 5) is 20.4. The smallest absolute Gasteiger partial charge is 0.433 e. The summed E-state index contributed by atoms with van der Waals surface area (Å²) in [6, 6.07) is 0. The Morgan fingerprint density at radius 2 is 1.83 bits per heavy atom. The maximum atomic E-state index is 11.8. The van der Waals surface area contributed by atoms with Crippen LogP contribution in [0.4, 0.5) is 13.2 Å². The number of esters is 1. The molecule has 0 saturated heterocycles. The molecule has 0 aliphatic rings. The van der Waals surface area contributed by atoms with Crippen molar-refractivity contribution in [1.82, 2.24) is 0 Å². The lowest BCUT2D eigenvalue weighted by molar-refractivity contribution is -0.214. The third-order valence-electron chi connectivity index (χ3n) is 0.787. The Morgan fingerprint density at radius 3 is 1.92 bits per heavy atom. The molecule has 3 nitrogen and oxygen atoms in total. The Labute approximate surface area is 74.0 Å². The highest BCUT2D eigenvalue weighted by atomic mass is 79.9. The predicted octanol–water partition coefficient (Wildman–Crippen LogP) is 1.40. The SMILES string of the molecule is CC(=O)OC(C(=O)Br)C(F)(F)F. The minimum atomic E-state index is -4.87. The molecule has 0 aliphatic carbocycles. The molecular weight excluding hydrogens is 245 g/mol. The van der Waals surface area contributed by atoms with Gasteiger partial charge in [0.1, 0.15) is 0 Å². The van der Waals surface area contributed by atoms with Crippen molar-refractivity contribution in [3.8, 4) is 0 Å². The third-order valence-corrected chi connectivity index (χ3v) is 1.20. The van der Waals surface area contributed by atoms with Gasteiger partial charge in [-0.1, -0.05) is 0 Å². The maximum Gasteiger partial charge on any atom is 0.433 e. The van der Waals surface area contributed by atoms with Crippen LogP contribution in [0.15, 0.2) is 0 Å². The van der Waals surface area contributed by atoms with Gasteiger partial charge in [-0.25, -0.2) is 0 Å². The lowest BCUT2D eigenvalue weighted by Gasteiger charge is -2.15. The minimum Gasteiger partial charge on any atom is -0.444 e. The third kappa shape index (κ3) is 3.70. The number of hydrogen-bond acceptors (Lipinski definition) is 3. The molecule has 0 spiro atoms. The quantitative estimate of drug-likeness (QED) is 0.548. The van der Waals surface area contributed by atoms with Gasteiger partial charge in [-0.05, 0) is 15.9 Å². The molecule has 0 heterocycles. The van der Waals surface area contributed by atoms with Gasteiger partial charge in [0.05, 0.1) is 0 Å². The topological polar surface area (TPSA) is 43.4 Å².